The Morgan fingerprint density at radius 1 is 1.21 bits per heavy atom. The third-order valence-electron chi connectivity index (χ3n) is 2.31. The molecule has 0 aromatic carbocycles. The molecule has 84 valence electrons. The molecule has 0 unspecified atom stereocenters. The van der Waals surface area contributed by atoms with E-state index in [-0.39, 0.29) is 17.2 Å². The van der Waals surface area contributed by atoms with Crippen molar-refractivity contribution < 1.29 is 4.74 Å². The maximum absolute atomic E-state index is 5.99. The summed E-state index contributed by atoms with van der Waals surface area (Å²) in [6.07, 6.45) is 0. The summed E-state index contributed by atoms with van der Waals surface area (Å²) in [4.78, 5) is 2.40. The fraction of sp³-hybridized carbons (Fsp3) is 1.00. The molecule has 3 nitrogen and oxygen atoms in total. The van der Waals surface area contributed by atoms with Crippen molar-refractivity contribution in [3.8, 4) is 0 Å². The summed E-state index contributed by atoms with van der Waals surface area (Å²) in [5, 5.41) is 0. The Morgan fingerprint density at radius 3 is 2.00 bits per heavy atom. The van der Waals surface area contributed by atoms with Gasteiger partial charge in [-0.05, 0) is 34.6 Å². The normalized spacial score (nSPS) is 28.7. The number of nitrogens with two attached hydrogens (primary N) is 1. The second kappa shape index (κ2) is 3.80. The summed E-state index contributed by atoms with van der Waals surface area (Å²) >= 11 is 0. The van der Waals surface area contributed by atoms with Gasteiger partial charge in [0.15, 0.2) is 0 Å². The van der Waals surface area contributed by atoms with Gasteiger partial charge in [0.25, 0.3) is 0 Å². The zero-order valence-electron chi connectivity index (χ0n) is 10.1. The number of ether oxygens (including phenoxy) is 1. The zero-order valence-corrected chi connectivity index (χ0v) is 10.1. The number of hydrogen-bond acceptors (Lipinski definition) is 3. The summed E-state index contributed by atoms with van der Waals surface area (Å²) < 4.78 is 5.99. The predicted molar refractivity (Wildman–Crippen MR) is 59.3 cm³/mol. The summed E-state index contributed by atoms with van der Waals surface area (Å²) in [6, 6.07) is 0.236. The van der Waals surface area contributed by atoms with Crippen LogP contribution >= 0.6 is 0 Å². The maximum atomic E-state index is 5.99. The number of nitrogens with zero attached hydrogens (tertiary/aromatic N) is 1. The highest BCUT2D eigenvalue weighted by Gasteiger charge is 2.37. The van der Waals surface area contributed by atoms with Crippen LogP contribution < -0.4 is 5.73 Å². The molecule has 1 heterocycles. The van der Waals surface area contributed by atoms with Gasteiger partial charge < -0.3 is 10.5 Å². The lowest BCUT2D eigenvalue weighted by Gasteiger charge is -2.47. The second-order valence-corrected chi connectivity index (χ2v) is 5.77. The summed E-state index contributed by atoms with van der Waals surface area (Å²) in [7, 11) is 0. The van der Waals surface area contributed by atoms with Gasteiger partial charge in [0, 0.05) is 25.7 Å². The van der Waals surface area contributed by atoms with E-state index in [1.807, 2.05) is 0 Å². The SMILES string of the molecule is C[C@H](N)CN1CC(C)(C)OC(C)(C)C1. The molecule has 14 heavy (non-hydrogen) atoms. The minimum Gasteiger partial charge on any atom is -0.367 e. The van der Waals surface area contributed by atoms with Gasteiger partial charge in [-0.2, -0.15) is 0 Å². The third-order valence-corrected chi connectivity index (χ3v) is 2.31. The predicted octanol–water partition coefficient (Wildman–Crippen LogP) is 1.22. The molecule has 2 N–H and O–H groups in total. The van der Waals surface area contributed by atoms with Gasteiger partial charge in [-0.3, -0.25) is 4.90 Å². The Hall–Kier alpha value is -0.120. The first-order chi connectivity index (χ1) is 6.20. The summed E-state index contributed by atoms with van der Waals surface area (Å²) in [6.45, 7) is 13.5. The van der Waals surface area contributed by atoms with Crippen LogP contribution in [-0.2, 0) is 4.74 Å². The van der Waals surface area contributed by atoms with Gasteiger partial charge in [0.05, 0.1) is 11.2 Å². The van der Waals surface area contributed by atoms with Crippen molar-refractivity contribution in [2.24, 2.45) is 5.73 Å². The van der Waals surface area contributed by atoms with E-state index in [9.17, 15) is 0 Å². The Bertz CT molecular complexity index is 183. The molecule has 0 spiro atoms. The highest BCUT2D eigenvalue weighted by Crippen LogP contribution is 2.27. The molecular weight excluding hydrogens is 176 g/mol. The van der Waals surface area contributed by atoms with E-state index >= 15 is 0 Å². The van der Waals surface area contributed by atoms with Crippen LogP contribution in [0.2, 0.25) is 0 Å². The van der Waals surface area contributed by atoms with E-state index in [2.05, 4.69) is 39.5 Å². The second-order valence-electron chi connectivity index (χ2n) is 5.77. The standard InChI is InChI=1S/C11H24N2O/c1-9(12)6-13-7-10(2,3)14-11(4,5)8-13/h9H,6-8,12H2,1-5H3/t9-/m0/s1. The van der Waals surface area contributed by atoms with Gasteiger partial charge in [0.2, 0.25) is 0 Å². The van der Waals surface area contributed by atoms with Crippen molar-refractivity contribution in [3.05, 3.63) is 0 Å². The van der Waals surface area contributed by atoms with Crippen molar-refractivity contribution in [2.75, 3.05) is 19.6 Å². The molecule has 0 aromatic heterocycles. The van der Waals surface area contributed by atoms with Crippen LogP contribution in [0.25, 0.3) is 0 Å². The minimum atomic E-state index is -0.0589. The average molecular weight is 200 g/mol. The van der Waals surface area contributed by atoms with Crippen LogP contribution in [0.15, 0.2) is 0 Å². The van der Waals surface area contributed by atoms with E-state index in [1.54, 1.807) is 0 Å². The van der Waals surface area contributed by atoms with Crippen molar-refractivity contribution in [2.45, 2.75) is 51.9 Å². The zero-order chi connectivity index (χ0) is 11.0. The van der Waals surface area contributed by atoms with Crippen LogP contribution in [0.3, 0.4) is 0 Å². The Balaban J connectivity index is 2.62. The smallest absolute Gasteiger partial charge is 0.0760 e. The lowest BCUT2D eigenvalue weighted by molar-refractivity contribution is -0.180. The van der Waals surface area contributed by atoms with Crippen molar-refractivity contribution >= 4 is 0 Å². The highest BCUT2D eigenvalue weighted by atomic mass is 16.5. The van der Waals surface area contributed by atoms with Gasteiger partial charge >= 0.3 is 0 Å². The highest BCUT2D eigenvalue weighted by molar-refractivity contribution is 4.89. The largest absolute Gasteiger partial charge is 0.367 e. The third kappa shape index (κ3) is 3.56. The van der Waals surface area contributed by atoms with Crippen molar-refractivity contribution in [1.82, 2.24) is 4.90 Å². The van der Waals surface area contributed by atoms with E-state index < -0.39 is 0 Å². The monoisotopic (exact) mass is 200 g/mol. The molecule has 0 radical (unpaired) electrons. The van der Waals surface area contributed by atoms with Gasteiger partial charge in [0.1, 0.15) is 0 Å². The Morgan fingerprint density at radius 2 is 1.64 bits per heavy atom. The molecule has 0 aromatic rings. The average Bonchev–Trinajstić information content (AvgIpc) is 1.74. The Labute approximate surface area is 87.6 Å². The lowest BCUT2D eigenvalue weighted by atomic mass is 9.98. The first-order valence-electron chi connectivity index (χ1n) is 5.38. The topological polar surface area (TPSA) is 38.5 Å². The van der Waals surface area contributed by atoms with E-state index in [4.69, 9.17) is 10.5 Å². The van der Waals surface area contributed by atoms with Gasteiger partial charge in [-0.25, -0.2) is 0 Å². The summed E-state index contributed by atoms with van der Waals surface area (Å²) in [5.74, 6) is 0. The van der Waals surface area contributed by atoms with Crippen LogP contribution in [0.4, 0.5) is 0 Å². The van der Waals surface area contributed by atoms with Gasteiger partial charge in [-0.1, -0.05) is 0 Å². The fourth-order valence-corrected chi connectivity index (χ4v) is 2.48. The first-order valence-corrected chi connectivity index (χ1v) is 5.38. The molecule has 1 aliphatic rings. The maximum Gasteiger partial charge on any atom is 0.0760 e. The number of morpholine rings is 1. The van der Waals surface area contributed by atoms with Crippen molar-refractivity contribution in [1.29, 1.82) is 0 Å². The molecule has 0 amide bonds. The van der Waals surface area contributed by atoms with Crippen LogP contribution in [0, 0.1) is 0 Å². The molecule has 1 rings (SSSR count). The van der Waals surface area contributed by atoms with Crippen LogP contribution in [0.1, 0.15) is 34.6 Å². The van der Waals surface area contributed by atoms with Crippen LogP contribution in [0.5, 0.6) is 0 Å². The van der Waals surface area contributed by atoms with E-state index in [0.717, 1.165) is 19.6 Å². The lowest BCUT2D eigenvalue weighted by Crippen LogP contribution is -2.58. The van der Waals surface area contributed by atoms with E-state index in [1.165, 1.54) is 0 Å². The number of hydrogen-bond donors (Lipinski definition) is 1. The molecule has 1 atom stereocenters. The quantitative estimate of drug-likeness (QED) is 0.728. The van der Waals surface area contributed by atoms with E-state index in [0.29, 0.717) is 0 Å². The molecule has 0 saturated carbocycles. The molecule has 0 bridgehead atoms. The molecule has 1 fully saturated rings. The molecule has 3 heteroatoms. The molecule has 1 aliphatic heterocycles. The van der Waals surface area contributed by atoms with Crippen LogP contribution in [-0.4, -0.2) is 41.8 Å². The fourth-order valence-electron chi connectivity index (χ4n) is 2.48. The summed E-state index contributed by atoms with van der Waals surface area (Å²) in [5.41, 5.74) is 5.70. The minimum absolute atomic E-state index is 0.0589. The molecular formula is C11H24N2O. The molecule has 1 saturated heterocycles. The van der Waals surface area contributed by atoms with Gasteiger partial charge in [-0.15, -0.1) is 0 Å². The van der Waals surface area contributed by atoms with Crippen molar-refractivity contribution in [3.63, 3.8) is 0 Å². The molecule has 0 aliphatic carbocycles. The Kier molecular flexibility index (Phi) is 3.24. The first kappa shape index (κ1) is 12.0. The number of rotatable bonds is 2.